The zero-order chi connectivity index (χ0) is 14.9. The molecule has 1 aromatic carbocycles. The number of rotatable bonds is 4. The molecule has 0 unspecified atom stereocenters. The van der Waals surface area contributed by atoms with Crippen LogP contribution in [0.2, 0.25) is 0 Å². The molecule has 106 valence electrons. The Labute approximate surface area is 127 Å². The lowest BCUT2D eigenvalue weighted by Crippen LogP contribution is -2.05. The maximum atomic E-state index is 11.8. The average molecular weight is 306 g/mol. The molecule has 0 amide bonds. The largest absolute Gasteiger partial charge is 0.294 e. The molecule has 0 fully saturated rings. The topological polar surface area (TPSA) is 42.9 Å². The van der Waals surface area contributed by atoms with Crippen LogP contribution in [0.1, 0.15) is 44.5 Å². The first-order chi connectivity index (χ1) is 9.40. The highest BCUT2D eigenvalue weighted by atomic mass is 32.2. The Hall–Kier alpha value is -1.20. The highest BCUT2D eigenvalue weighted by Gasteiger charge is 2.15. The molecule has 0 radical (unpaired) electrons. The lowest BCUT2D eigenvalue weighted by molar-refractivity contribution is 0.101. The van der Waals surface area contributed by atoms with E-state index in [1.54, 1.807) is 30.0 Å². The summed E-state index contributed by atoms with van der Waals surface area (Å²) < 4.78 is 0.978. The third-order valence-electron chi connectivity index (χ3n) is 3.33. The molecule has 2 aromatic rings. The number of aromatic nitrogens is 2. The summed E-state index contributed by atoms with van der Waals surface area (Å²) in [5, 5.41) is 9.14. The first-order valence-corrected chi connectivity index (χ1v) is 8.24. The number of carbonyl (C=O) groups excluding carboxylic acids is 1. The highest BCUT2D eigenvalue weighted by Crippen LogP contribution is 2.30. The van der Waals surface area contributed by atoms with Gasteiger partial charge in [-0.1, -0.05) is 29.2 Å². The van der Waals surface area contributed by atoms with Crippen LogP contribution in [-0.2, 0) is 5.75 Å². The van der Waals surface area contributed by atoms with Gasteiger partial charge in [0, 0.05) is 11.3 Å². The second kappa shape index (κ2) is 6.06. The standard InChI is InChI=1S/C15H18N2OS2/c1-8-6-9(2)14(11(4)18)10(3)13(8)7-19-15-17-16-12(5)20-15/h6H,7H2,1-5H3. The number of carbonyl (C=O) groups is 1. The van der Waals surface area contributed by atoms with Crippen LogP contribution < -0.4 is 0 Å². The minimum Gasteiger partial charge on any atom is -0.294 e. The van der Waals surface area contributed by atoms with E-state index in [9.17, 15) is 4.79 Å². The summed E-state index contributed by atoms with van der Waals surface area (Å²) >= 11 is 3.29. The normalized spacial score (nSPS) is 10.8. The number of ketones is 1. The number of thioether (sulfide) groups is 1. The Morgan fingerprint density at radius 3 is 2.45 bits per heavy atom. The van der Waals surface area contributed by atoms with Crippen molar-refractivity contribution in [2.45, 2.75) is 44.7 Å². The summed E-state index contributed by atoms with van der Waals surface area (Å²) in [6.07, 6.45) is 0. The third-order valence-corrected chi connectivity index (χ3v) is 5.33. The van der Waals surface area contributed by atoms with E-state index in [1.165, 1.54) is 11.1 Å². The average Bonchev–Trinajstić information content (AvgIpc) is 2.73. The molecule has 0 N–H and O–H groups in total. The molecule has 0 aliphatic rings. The second-order valence-corrected chi connectivity index (χ2v) is 7.32. The van der Waals surface area contributed by atoms with Crippen LogP contribution in [0.5, 0.6) is 0 Å². The maximum absolute atomic E-state index is 11.8. The molecule has 0 atom stereocenters. The van der Waals surface area contributed by atoms with Crippen molar-refractivity contribution in [1.82, 2.24) is 10.2 Å². The second-order valence-electron chi connectivity index (χ2n) is 4.92. The van der Waals surface area contributed by atoms with Crippen molar-refractivity contribution in [2.24, 2.45) is 0 Å². The summed E-state index contributed by atoms with van der Waals surface area (Å²) in [7, 11) is 0. The SMILES string of the molecule is CC(=O)c1c(C)cc(C)c(CSc2nnc(C)s2)c1C. The van der Waals surface area contributed by atoms with Gasteiger partial charge >= 0.3 is 0 Å². The molecule has 20 heavy (non-hydrogen) atoms. The minimum atomic E-state index is 0.137. The van der Waals surface area contributed by atoms with Gasteiger partial charge in [-0.2, -0.15) is 0 Å². The number of Topliss-reactive ketones (excluding diaryl/α,β-unsaturated/α-hetero) is 1. The zero-order valence-corrected chi connectivity index (χ0v) is 14.0. The molecule has 5 heteroatoms. The number of hydrogen-bond acceptors (Lipinski definition) is 5. The number of aryl methyl sites for hydroxylation is 3. The van der Waals surface area contributed by atoms with Crippen LogP contribution in [0.15, 0.2) is 10.4 Å². The van der Waals surface area contributed by atoms with Crippen molar-refractivity contribution in [3.05, 3.63) is 38.9 Å². The molecule has 0 saturated heterocycles. The van der Waals surface area contributed by atoms with Crippen molar-refractivity contribution in [1.29, 1.82) is 0 Å². The van der Waals surface area contributed by atoms with Gasteiger partial charge in [0.1, 0.15) is 5.01 Å². The van der Waals surface area contributed by atoms with Gasteiger partial charge in [0.25, 0.3) is 0 Å². The van der Waals surface area contributed by atoms with Crippen LogP contribution in [0, 0.1) is 27.7 Å². The van der Waals surface area contributed by atoms with E-state index in [2.05, 4.69) is 23.2 Å². The van der Waals surface area contributed by atoms with Crippen molar-refractivity contribution < 1.29 is 4.79 Å². The Balaban J connectivity index is 2.31. The quantitative estimate of drug-likeness (QED) is 0.625. The summed E-state index contributed by atoms with van der Waals surface area (Å²) in [6.45, 7) is 9.73. The molecular weight excluding hydrogens is 288 g/mol. The predicted octanol–water partition coefficient (Wildman–Crippen LogP) is 4.27. The molecule has 0 aliphatic carbocycles. The molecule has 2 rings (SSSR count). The fourth-order valence-corrected chi connectivity index (χ4v) is 4.46. The summed E-state index contributed by atoms with van der Waals surface area (Å²) in [6, 6.07) is 2.10. The van der Waals surface area contributed by atoms with Gasteiger partial charge in [0.2, 0.25) is 0 Å². The van der Waals surface area contributed by atoms with Crippen molar-refractivity contribution in [3.8, 4) is 0 Å². The van der Waals surface area contributed by atoms with Crippen molar-refractivity contribution in [2.75, 3.05) is 0 Å². The molecule has 1 aromatic heterocycles. The Kier molecular flexibility index (Phi) is 4.60. The van der Waals surface area contributed by atoms with E-state index in [1.807, 2.05) is 20.8 Å². The van der Waals surface area contributed by atoms with Crippen LogP contribution in [0.4, 0.5) is 0 Å². The van der Waals surface area contributed by atoms with Gasteiger partial charge in [0.15, 0.2) is 10.1 Å². The number of hydrogen-bond donors (Lipinski definition) is 0. The molecule has 1 heterocycles. The van der Waals surface area contributed by atoms with Crippen LogP contribution >= 0.6 is 23.1 Å². The van der Waals surface area contributed by atoms with Gasteiger partial charge in [0.05, 0.1) is 0 Å². The fraction of sp³-hybridized carbons (Fsp3) is 0.400. The first-order valence-electron chi connectivity index (χ1n) is 6.43. The smallest absolute Gasteiger partial charge is 0.174 e. The lowest BCUT2D eigenvalue weighted by atomic mass is 9.92. The summed E-state index contributed by atoms with van der Waals surface area (Å²) in [5.74, 6) is 0.963. The van der Waals surface area contributed by atoms with Gasteiger partial charge in [-0.3, -0.25) is 4.79 Å². The van der Waals surface area contributed by atoms with E-state index < -0.39 is 0 Å². The Morgan fingerprint density at radius 2 is 1.90 bits per heavy atom. The third kappa shape index (κ3) is 3.10. The predicted molar refractivity (Wildman–Crippen MR) is 84.9 cm³/mol. The van der Waals surface area contributed by atoms with E-state index in [-0.39, 0.29) is 5.78 Å². The van der Waals surface area contributed by atoms with Crippen molar-refractivity contribution in [3.63, 3.8) is 0 Å². The zero-order valence-electron chi connectivity index (χ0n) is 12.4. The fourth-order valence-electron chi connectivity index (χ4n) is 2.46. The van der Waals surface area contributed by atoms with E-state index in [4.69, 9.17) is 0 Å². The summed E-state index contributed by atoms with van der Waals surface area (Å²) in [5.41, 5.74) is 5.49. The molecule has 3 nitrogen and oxygen atoms in total. The number of benzene rings is 1. The molecule has 0 saturated carbocycles. The van der Waals surface area contributed by atoms with Crippen molar-refractivity contribution >= 4 is 28.9 Å². The molecule has 0 aliphatic heterocycles. The van der Waals surface area contributed by atoms with Gasteiger partial charge in [-0.25, -0.2) is 0 Å². The number of nitrogens with zero attached hydrogens (tertiary/aromatic N) is 2. The maximum Gasteiger partial charge on any atom is 0.174 e. The monoisotopic (exact) mass is 306 g/mol. The Morgan fingerprint density at radius 1 is 1.20 bits per heavy atom. The molecular formula is C15H18N2OS2. The minimum absolute atomic E-state index is 0.137. The van der Waals surface area contributed by atoms with Crippen LogP contribution in [-0.4, -0.2) is 16.0 Å². The van der Waals surface area contributed by atoms with Gasteiger partial charge < -0.3 is 0 Å². The lowest BCUT2D eigenvalue weighted by Gasteiger charge is -2.15. The molecule has 0 bridgehead atoms. The summed E-state index contributed by atoms with van der Waals surface area (Å²) in [4.78, 5) is 11.8. The van der Waals surface area contributed by atoms with Crippen LogP contribution in [0.3, 0.4) is 0 Å². The van der Waals surface area contributed by atoms with Gasteiger partial charge in [-0.05, 0) is 56.9 Å². The van der Waals surface area contributed by atoms with E-state index in [0.29, 0.717) is 0 Å². The van der Waals surface area contributed by atoms with Crippen LogP contribution in [0.25, 0.3) is 0 Å². The first kappa shape index (κ1) is 15.2. The van der Waals surface area contributed by atoms with E-state index in [0.717, 1.165) is 31.8 Å². The van der Waals surface area contributed by atoms with E-state index >= 15 is 0 Å². The molecule has 0 spiro atoms. The van der Waals surface area contributed by atoms with Gasteiger partial charge in [-0.15, -0.1) is 10.2 Å². The Bertz CT molecular complexity index is 662. The highest BCUT2D eigenvalue weighted by molar-refractivity contribution is 8.00.